The second-order valence-corrected chi connectivity index (χ2v) is 15.8. The number of nitrogens with zero attached hydrogens (tertiary/aromatic N) is 7. The molecule has 0 radical (unpaired) electrons. The molecule has 27 heteroatoms. The zero-order chi connectivity index (χ0) is 43.7. The molecule has 9 N–H and O–H groups in total. The average molecular weight is 915 g/mol. The Balaban J connectivity index is 1.43. The lowest BCUT2D eigenvalue weighted by molar-refractivity contribution is -0.432. The van der Waals surface area contributed by atoms with Gasteiger partial charge in [0.15, 0.2) is 5.75 Å². The maximum Gasteiger partial charge on any atom is 0.296 e. The average Bonchev–Trinajstić information content (AvgIpc) is 3.21. The highest BCUT2D eigenvalue weighted by molar-refractivity contribution is 7.95. The number of nitrogens with two attached hydrogens (primary N) is 1. The van der Waals surface area contributed by atoms with E-state index in [2.05, 4.69) is 74.2 Å². The summed E-state index contributed by atoms with van der Waals surface area (Å²) in [5.74, 6) is -0.119. The third-order valence-corrected chi connectivity index (χ3v) is 10.7. The van der Waals surface area contributed by atoms with E-state index in [4.69, 9.17) is 21.5 Å². The van der Waals surface area contributed by atoms with Crippen LogP contribution < -0.4 is 16.4 Å². The fourth-order valence-corrected chi connectivity index (χ4v) is 7.45. The van der Waals surface area contributed by atoms with E-state index in [0.717, 1.165) is 22.9 Å². The minimum Gasteiger partial charge on any atom is -0.505 e. The van der Waals surface area contributed by atoms with Crippen molar-refractivity contribution in [3.05, 3.63) is 89.7 Å². The maximum atomic E-state index is 12.8. The predicted octanol–water partition coefficient (Wildman–Crippen LogP) is 10.1. The van der Waals surface area contributed by atoms with Gasteiger partial charge in [0.05, 0.1) is 61.9 Å². The zero-order valence-corrected chi connectivity index (χ0v) is 34.5. The number of anilines is 5. The van der Waals surface area contributed by atoms with Gasteiger partial charge in [-0.25, -0.2) is 15.8 Å². The number of azo groups is 2. The van der Waals surface area contributed by atoms with Crippen molar-refractivity contribution in [2.75, 3.05) is 16.4 Å². The Kier molecular flexibility index (Phi) is 14.9. The first-order chi connectivity index (χ1) is 29.3. The molecule has 1 heterocycles. The SMILES string of the molecule is Cc1ccc(Nc2nc(C)nc(Nc3ccc(SOOO)c(/N=N/c4c(S(=O)(=O)O)cc5cc(SOOO)c(/N=N/c6ccc(C)cc6SOOO)c(N)c5c4O)c3)n2)cc1. The molecule has 318 valence electrons. The molecule has 0 saturated heterocycles. The Hall–Kier alpha value is -5.63. The van der Waals surface area contributed by atoms with Crippen molar-refractivity contribution in [2.45, 2.75) is 40.4 Å². The molecule has 6 rings (SSSR count). The van der Waals surface area contributed by atoms with Gasteiger partial charge in [-0.2, -0.15) is 23.4 Å². The molecule has 0 aliphatic carbocycles. The predicted molar refractivity (Wildman–Crippen MR) is 220 cm³/mol. The van der Waals surface area contributed by atoms with Crippen molar-refractivity contribution in [3.63, 3.8) is 0 Å². The third-order valence-electron chi connectivity index (χ3n) is 7.96. The molecular weight excluding hydrogens is 885 g/mol. The second kappa shape index (κ2) is 20.3. The number of aromatic hydroxyl groups is 1. The summed E-state index contributed by atoms with van der Waals surface area (Å²) in [5, 5.41) is 71.7. The van der Waals surface area contributed by atoms with E-state index in [-0.39, 0.29) is 55.2 Å². The van der Waals surface area contributed by atoms with Crippen molar-refractivity contribution in [3.8, 4) is 5.75 Å². The summed E-state index contributed by atoms with van der Waals surface area (Å²) >= 11 is 1.49. The summed E-state index contributed by atoms with van der Waals surface area (Å²) in [6.45, 7) is 5.41. The molecule has 23 nitrogen and oxygen atoms in total. The van der Waals surface area contributed by atoms with Gasteiger partial charge < -0.3 is 21.5 Å². The number of nitrogens with one attached hydrogen (secondary N) is 2. The standard InChI is InChI=1S/C34H30N10O13S4/c1-16-4-7-20(8-5-16)38-33-36-18(3)37-34(40-33)39-21-9-11-24(58-55-52-46)23(15-21)42-44-31-27(61(49,50)51)14-19-13-26(60-57-54-48)30(29(35)28(19)32(31)45)43-41-22-10-6-17(2)12-25(22)59-56-53-47/h4-15,45-48H,35H2,1-3H3,(H,49,50,51)(H2,36,37,38,39,40)/b43-41+,44-42+. The molecule has 0 saturated carbocycles. The number of phenols is 1. The van der Waals surface area contributed by atoms with Crippen LogP contribution in [0.3, 0.4) is 0 Å². The van der Waals surface area contributed by atoms with Gasteiger partial charge in [0.2, 0.25) is 11.9 Å². The maximum absolute atomic E-state index is 12.8. The minimum atomic E-state index is -5.14. The second-order valence-electron chi connectivity index (χ2n) is 12.2. The Morgan fingerprint density at radius 3 is 1.87 bits per heavy atom. The number of aromatic nitrogens is 3. The first kappa shape index (κ1) is 44.9. The number of hydrogen-bond donors (Lipinski definition) is 8. The number of nitrogen functional groups attached to an aromatic ring is 1. The van der Waals surface area contributed by atoms with Gasteiger partial charge in [0, 0.05) is 11.4 Å². The number of rotatable bonds is 18. The van der Waals surface area contributed by atoms with Crippen molar-refractivity contribution in [1.29, 1.82) is 0 Å². The summed E-state index contributed by atoms with van der Waals surface area (Å²) in [5.41, 5.74) is 8.38. The quantitative estimate of drug-likeness (QED) is 0.00992. The fourth-order valence-electron chi connectivity index (χ4n) is 5.34. The molecule has 5 aromatic carbocycles. The van der Waals surface area contributed by atoms with Crippen LogP contribution in [-0.2, 0) is 38.2 Å². The van der Waals surface area contributed by atoms with Crippen molar-refractivity contribution < 1.29 is 62.0 Å². The normalized spacial score (nSPS) is 11.9. The first-order valence-corrected chi connectivity index (χ1v) is 20.4. The largest absolute Gasteiger partial charge is 0.505 e. The Bertz CT molecular complexity index is 2730. The summed E-state index contributed by atoms with van der Waals surface area (Å²) in [6.07, 6.45) is 0. The van der Waals surface area contributed by atoms with Crippen molar-refractivity contribution >= 4 is 109 Å². The smallest absolute Gasteiger partial charge is 0.296 e. The van der Waals surface area contributed by atoms with E-state index in [1.54, 1.807) is 38.1 Å². The molecule has 0 amide bonds. The number of hydrogen-bond acceptors (Lipinski definition) is 25. The summed E-state index contributed by atoms with van der Waals surface area (Å²) in [7, 11) is -5.14. The molecule has 0 fully saturated rings. The third kappa shape index (κ3) is 11.4. The van der Waals surface area contributed by atoms with Crippen LogP contribution in [-0.4, -0.2) is 48.8 Å². The number of benzene rings is 5. The summed E-state index contributed by atoms with van der Waals surface area (Å²) in [4.78, 5) is 12.7. The van der Waals surface area contributed by atoms with E-state index in [1.165, 1.54) is 18.2 Å². The highest BCUT2D eigenvalue weighted by Gasteiger charge is 2.26. The highest BCUT2D eigenvalue weighted by atomic mass is 32.2. The highest BCUT2D eigenvalue weighted by Crippen LogP contribution is 2.50. The molecule has 0 aliphatic heterocycles. The number of fused-ring (bicyclic) bond motifs is 1. The number of phenolic OH excluding ortho intramolecular Hbond substituents is 1. The lowest BCUT2D eigenvalue weighted by Crippen LogP contribution is -2.05. The number of aryl methyl sites for hydroxylation is 3. The Morgan fingerprint density at radius 2 is 1.21 bits per heavy atom. The summed E-state index contributed by atoms with van der Waals surface area (Å²) < 4.78 is 49.6. The van der Waals surface area contributed by atoms with Crippen LogP contribution in [0.25, 0.3) is 10.8 Å². The van der Waals surface area contributed by atoms with E-state index < -0.39 is 26.5 Å². The van der Waals surface area contributed by atoms with E-state index in [0.29, 0.717) is 52.5 Å². The van der Waals surface area contributed by atoms with Crippen LogP contribution in [0.2, 0.25) is 0 Å². The molecular formula is C34H30N10O13S4. The van der Waals surface area contributed by atoms with Crippen LogP contribution >= 0.6 is 36.1 Å². The van der Waals surface area contributed by atoms with Gasteiger partial charge in [0.25, 0.3) is 10.1 Å². The van der Waals surface area contributed by atoms with E-state index in [1.807, 2.05) is 31.2 Å². The molecule has 0 atom stereocenters. The van der Waals surface area contributed by atoms with Crippen LogP contribution in [0.4, 0.5) is 51.7 Å². The van der Waals surface area contributed by atoms with Gasteiger partial charge in [-0.05, 0) is 86.3 Å². The lowest BCUT2D eigenvalue weighted by Gasteiger charge is -2.14. The van der Waals surface area contributed by atoms with E-state index >= 15 is 0 Å². The van der Waals surface area contributed by atoms with Crippen LogP contribution in [0.5, 0.6) is 5.75 Å². The molecule has 0 aliphatic rings. The minimum absolute atomic E-state index is 0.0161. The molecule has 61 heavy (non-hydrogen) atoms. The fraction of sp³-hybridized carbons (Fsp3) is 0.0882. The molecule has 0 bridgehead atoms. The summed E-state index contributed by atoms with van der Waals surface area (Å²) in [6, 6.07) is 19.1. The van der Waals surface area contributed by atoms with Gasteiger partial charge in [0.1, 0.15) is 33.5 Å². The van der Waals surface area contributed by atoms with Gasteiger partial charge >= 0.3 is 0 Å². The van der Waals surface area contributed by atoms with E-state index in [9.17, 15) is 18.1 Å². The van der Waals surface area contributed by atoms with Crippen molar-refractivity contribution in [1.82, 2.24) is 15.0 Å². The molecule has 0 spiro atoms. The van der Waals surface area contributed by atoms with Gasteiger partial charge in [-0.1, -0.05) is 38.9 Å². The molecule has 1 aromatic heterocycles. The molecule has 6 aromatic rings. The zero-order valence-electron chi connectivity index (χ0n) is 31.3. The Labute approximate surface area is 356 Å². The van der Waals surface area contributed by atoms with Gasteiger partial charge in [-0.3, -0.25) is 4.55 Å². The van der Waals surface area contributed by atoms with Crippen molar-refractivity contribution in [2.24, 2.45) is 20.5 Å². The first-order valence-electron chi connectivity index (χ1n) is 16.7. The van der Waals surface area contributed by atoms with Gasteiger partial charge in [-0.15, -0.1) is 33.5 Å². The lowest BCUT2D eigenvalue weighted by atomic mass is 10.1. The monoisotopic (exact) mass is 914 g/mol. The van der Waals surface area contributed by atoms with Crippen LogP contribution in [0, 0.1) is 20.8 Å². The van der Waals surface area contributed by atoms with Crippen LogP contribution in [0.15, 0.2) is 113 Å². The Morgan fingerprint density at radius 1 is 0.639 bits per heavy atom. The topological polar surface area (TPSA) is 329 Å². The van der Waals surface area contributed by atoms with Crippen LogP contribution in [0.1, 0.15) is 17.0 Å². The molecule has 0 unspecified atom stereocenters.